The Hall–Kier alpha value is -3.29. The molecule has 0 fully saturated rings. The number of ether oxygens (including phenoxy) is 1. The number of benzene rings is 2. The van der Waals surface area contributed by atoms with Crippen molar-refractivity contribution in [1.82, 2.24) is 9.97 Å². The van der Waals surface area contributed by atoms with Gasteiger partial charge in [0.05, 0.1) is 17.0 Å². The van der Waals surface area contributed by atoms with E-state index in [1.807, 2.05) is 13.8 Å². The fourth-order valence-corrected chi connectivity index (χ4v) is 6.62. The number of rotatable bonds is 12. The minimum atomic E-state index is -3.09. The van der Waals surface area contributed by atoms with Gasteiger partial charge in [-0.05, 0) is 56.6 Å². The number of alkyl halides is 2. The Morgan fingerprint density at radius 3 is 2.33 bits per heavy atom. The first-order valence-corrected chi connectivity index (χ1v) is 17.2. The van der Waals surface area contributed by atoms with E-state index >= 15 is 4.39 Å². The average Bonchev–Trinajstić information content (AvgIpc) is 2.88. The molecule has 1 aromatic heterocycles. The Morgan fingerprint density at radius 1 is 1.16 bits per heavy atom. The van der Waals surface area contributed by atoms with E-state index in [1.54, 1.807) is 6.07 Å². The van der Waals surface area contributed by atoms with Crippen LogP contribution in [0.25, 0.3) is 11.1 Å². The first-order valence-electron chi connectivity index (χ1n) is 13.5. The maximum absolute atomic E-state index is 15.3. The van der Waals surface area contributed by atoms with Crippen LogP contribution >= 0.6 is 15.9 Å². The number of nitrogens with zero attached hydrogens (tertiary/aromatic N) is 3. The normalized spacial score (nSPS) is 13.1. The molecule has 1 atom stereocenters. The van der Waals surface area contributed by atoms with Crippen LogP contribution in [0, 0.1) is 15.9 Å². The van der Waals surface area contributed by atoms with Crippen molar-refractivity contribution in [1.29, 1.82) is 0 Å². The lowest BCUT2D eigenvalue weighted by Crippen LogP contribution is -2.46. The second kappa shape index (κ2) is 13.1. The number of nitrogens with one attached hydrogen (secondary N) is 1. The third kappa shape index (κ3) is 8.01. The smallest absolute Gasteiger partial charge is 0.387 e. The molecule has 0 bridgehead atoms. The van der Waals surface area contributed by atoms with E-state index in [0.29, 0.717) is 15.9 Å². The van der Waals surface area contributed by atoms with Crippen molar-refractivity contribution >= 4 is 35.6 Å². The van der Waals surface area contributed by atoms with Gasteiger partial charge in [-0.2, -0.15) is 8.78 Å². The van der Waals surface area contributed by atoms with Gasteiger partial charge in [-0.3, -0.25) is 10.1 Å². The Bertz CT molecular complexity index is 1480. The summed E-state index contributed by atoms with van der Waals surface area (Å²) in [5, 5.41) is 14.9. The van der Waals surface area contributed by atoms with Gasteiger partial charge in [-0.15, -0.1) is 6.58 Å². The lowest BCUT2D eigenvalue weighted by Gasteiger charge is -2.42. The highest BCUT2D eigenvalue weighted by molar-refractivity contribution is 9.10. The van der Waals surface area contributed by atoms with E-state index in [4.69, 9.17) is 9.16 Å². The molecule has 3 rings (SSSR count). The first-order chi connectivity index (χ1) is 19.9. The maximum atomic E-state index is 15.3. The van der Waals surface area contributed by atoms with Crippen molar-refractivity contribution in [3.05, 3.63) is 87.2 Å². The molecule has 0 saturated carbocycles. The standard InChI is InChI=1S/C30H36BrF3N4O4Si/c1-9-11-22(26-20(31)12-10-13-25(26)41-28(33)34)37-23-14-19(21(32)15-24(23)38(39)40)18-16-35-27(36-17-18)30(5,6)42-43(7,8)29(2,3)4/h9-10,12-17,22,28,37H,1,11H2,2-8H3/t22-/m1/s1. The van der Waals surface area contributed by atoms with Gasteiger partial charge in [0.2, 0.25) is 0 Å². The number of hydrogen-bond donors (Lipinski definition) is 1. The first kappa shape index (κ1) is 34.2. The highest BCUT2D eigenvalue weighted by atomic mass is 79.9. The Labute approximate surface area is 259 Å². The minimum Gasteiger partial charge on any atom is -0.434 e. The number of halogens is 4. The lowest BCUT2D eigenvalue weighted by atomic mass is 10.0. The zero-order valence-corrected chi connectivity index (χ0v) is 27.8. The molecule has 232 valence electrons. The maximum Gasteiger partial charge on any atom is 0.387 e. The number of aromatic nitrogens is 2. The van der Waals surface area contributed by atoms with Gasteiger partial charge in [0, 0.05) is 33.6 Å². The molecule has 1 heterocycles. The van der Waals surface area contributed by atoms with E-state index in [2.05, 4.69) is 71.7 Å². The molecule has 0 saturated heterocycles. The molecule has 13 heteroatoms. The van der Waals surface area contributed by atoms with Crippen molar-refractivity contribution in [2.24, 2.45) is 0 Å². The van der Waals surface area contributed by atoms with Crippen LogP contribution in [0.4, 0.5) is 24.5 Å². The van der Waals surface area contributed by atoms with E-state index in [0.717, 1.165) is 6.07 Å². The SMILES string of the molecule is C=CC[C@@H](Nc1cc(-c2cnc(C(C)(C)O[Si](C)(C)C(C)(C)C)nc2)c(F)cc1[N+](=O)[O-])c1c(Br)cccc1OC(F)F. The fourth-order valence-electron chi connectivity index (χ4n) is 4.32. The second-order valence-corrected chi connectivity index (χ2v) is 17.6. The summed E-state index contributed by atoms with van der Waals surface area (Å²) >= 11 is 3.37. The van der Waals surface area contributed by atoms with Gasteiger partial charge in [0.1, 0.15) is 22.9 Å². The molecular formula is C30H36BrF3N4O4Si. The molecule has 8 nitrogen and oxygen atoms in total. The van der Waals surface area contributed by atoms with Crippen LogP contribution in [0.3, 0.4) is 0 Å². The summed E-state index contributed by atoms with van der Waals surface area (Å²) in [6.45, 7) is 15.0. The topological polar surface area (TPSA) is 99.4 Å². The van der Waals surface area contributed by atoms with Gasteiger partial charge < -0.3 is 14.5 Å². The Balaban J connectivity index is 2.05. The summed E-state index contributed by atoms with van der Waals surface area (Å²) in [7, 11) is -2.18. The molecule has 0 amide bonds. The average molecular weight is 682 g/mol. The molecule has 0 aliphatic carbocycles. The van der Waals surface area contributed by atoms with Crippen molar-refractivity contribution in [2.45, 2.75) is 77.4 Å². The summed E-state index contributed by atoms with van der Waals surface area (Å²) < 4.78 is 53.3. The van der Waals surface area contributed by atoms with E-state index in [1.165, 1.54) is 36.7 Å². The molecule has 2 aromatic carbocycles. The summed E-state index contributed by atoms with van der Waals surface area (Å²) in [6, 6.07) is 5.80. The van der Waals surface area contributed by atoms with Crippen LogP contribution < -0.4 is 10.1 Å². The summed E-state index contributed by atoms with van der Waals surface area (Å²) in [4.78, 5) is 20.1. The van der Waals surface area contributed by atoms with Crippen molar-refractivity contribution in [3.63, 3.8) is 0 Å². The van der Waals surface area contributed by atoms with Crippen molar-refractivity contribution in [3.8, 4) is 16.9 Å². The van der Waals surface area contributed by atoms with Gasteiger partial charge in [-0.25, -0.2) is 14.4 Å². The molecule has 0 aliphatic rings. The third-order valence-corrected chi connectivity index (χ3v) is 12.7. The van der Waals surface area contributed by atoms with Gasteiger partial charge in [0.25, 0.3) is 5.69 Å². The zero-order chi connectivity index (χ0) is 32.3. The number of anilines is 1. The van der Waals surface area contributed by atoms with Crippen LogP contribution in [0.1, 0.15) is 58.5 Å². The highest BCUT2D eigenvalue weighted by Gasteiger charge is 2.43. The number of nitro groups is 1. The molecule has 0 aliphatic heterocycles. The summed E-state index contributed by atoms with van der Waals surface area (Å²) in [5.41, 5.74) is -0.819. The van der Waals surface area contributed by atoms with E-state index in [9.17, 15) is 18.9 Å². The summed E-state index contributed by atoms with van der Waals surface area (Å²) in [6.07, 6.45) is 4.58. The highest BCUT2D eigenvalue weighted by Crippen LogP contribution is 2.42. The molecular weight excluding hydrogens is 645 g/mol. The van der Waals surface area contributed by atoms with Crippen LogP contribution in [0.2, 0.25) is 18.1 Å². The lowest BCUT2D eigenvalue weighted by molar-refractivity contribution is -0.384. The largest absolute Gasteiger partial charge is 0.434 e. The van der Waals surface area contributed by atoms with Crippen LogP contribution in [0.5, 0.6) is 5.75 Å². The van der Waals surface area contributed by atoms with Crippen molar-refractivity contribution < 1.29 is 27.3 Å². The molecule has 0 spiro atoms. The predicted octanol–water partition coefficient (Wildman–Crippen LogP) is 9.54. The fraction of sp³-hybridized carbons (Fsp3) is 0.400. The Kier molecular flexibility index (Phi) is 10.5. The molecule has 3 aromatic rings. The Morgan fingerprint density at radius 2 is 1.79 bits per heavy atom. The molecule has 1 N–H and O–H groups in total. The number of hydrogen-bond acceptors (Lipinski definition) is 7. The molecule has 43 heavy (non-hydrogen) atoms. The van der Waals surface area contributed by atoms with Crippen LogP contribution in [0.15, 0.2) is 59.9 Å². The van der Waals surface area contributed by atoms with E-state index < -0.39 is 43.0 Å². The monoisotopic (exact) mass is 680 g/mol. The van der Waals surface area contributed by atoms with E-state index in [-0.39, 0.29) is 34.0 Å². The van der Waals surface area contributed by atoms with Crippen LogP contribution in [-0.2, 0) is 10.0 Å². The van der Waals surface area contributed by atoms with Gasteiger partial charge in [-0.1, -0.05) is 48.8 Å². The quantitative estimate of drug-likeness (QED) is 0.0880. The molecule has 0 radical (unpaired) electrons. The molecule has 0 unspecified atom stereocenters. The minimum absolute atomic E-state index is 0.0105. The number of nitro benzene ring substituents is 1. The van der Waals surface area contributed by atoms with Crippen LogP contribution in [-0.4, -0.2) is 29.8 Å². The second-order valence-electron chi connectivity index (χ2n) is 12.0. The third-order valence-electron chi connectivity index (χ3n) is 7.41. The predicted molar refractivity (Wildman–Crippen MR) is 167 cm³/mol. The summed E-state index contributed by atoms with van der Waals surface area (Å²) in [5.74, 6) is -0.568. The van der Waals surface area contributed by atoms with Gasteiger partial charge in [0.15, 0.2) is 14.1 Å². The van der Waals surface area contributed by atoms with Crippen molar-refractivity contribution in [2.75, 3.05) is 5.32 Å². The van der Waals surface area contributed by atoms with Gasteiger partial charge >= 0.3 is 6.61 Å². The zero-order valence-electron chi connectivity index (χ0n) is 25.2.